The fourth-order valence-corrected chi connectivity index (χ4v) is 23.2. The van der Waals surface area contributed by atoms with Crippen molar-refractivity contribution in [1.82, 2.24) is 4.40 Å². The number of fused-ring (bicyclic) bond motifs is 14. The molecule has 0 saturated carbocycles. The molecule has 0 atom stereocenters. The summed E-state index contributed by atoms with van der Waals surface area (Å²) >= 11 is 0. The standard InChI is InChI=1S/C127H84B2N6/c1-11-42-84(43-12-1)96-62-31-35-72-110(96)131-116-82-114-104(80-108(116)128-106-70-33-37-74-112(106)133(125-98(86-46-15-3-16-47-86)64-39-65-99(125)87-48-17-4-18-49-87)119-77-92(76-118(131)123(119)128)122(90-54-23-7-24-55-90)91-56-25-8-26-57-91)102-68-41-69-103-105-81-109-117(83-115(105)135(114)127(102)103)132(111-73-36-32-63-97(111)85-44-13-2-14-45-85)120-78-95(130(93-58-27-9-28-59-93)94-60-29-10-30-61-94)79-121-124(120)129(109)107-71-34-38-75-113(107)134(121)126-100(88-50-19-5-20-51-88)66-40-67-101(126)89-52-21-6-22-53-89/h1-83,122H. The highest BCUT2D eigenvalue weighted by Crippen LogP contribution is 2.58. The maximum absolute atomic E-state index is 2.69. The maximum atomic E-state index is 2.69. The Labute approximate surface area is 785 Å². The summed E-state index contributed by atoms with van der Waals surface area (Å²) in [6.45, 7) is -0.525. The number of aromatic nitrogens is 1. The molecule has 0 aliphatic carbocycles. The molecule has 0 saturated heterocycles. The lowest BCUT2D eigenvalue weighted by Gasteiger charge is -2.46. The molecule has 27 rings (SSSR count). The predicted octanol–water partition coefficient (Wildman–Crippen LogP) is 29.7. The van der Waals surface area contributed by atoms with Crippen molar-refractivity contribution in [2.45, 2.75) is 5.92 Å². The molecule has 0 unspecified atom stereocenters. The Morgan fingerprint density at radius 2 is 0.474 bits per heavy atom. The molecule has 0 fully saturated rings. The van der Waals surface area contributed by atoms with Crippen molar-refractivity contribution >= 4 is 170 Å². The van der Waals surface area contributed by atoms with E-state index in [1.165, 1.54) is 76.5 Å². The van der Waals surface area contributed by atoms with Crippen molar-refractivity contribution in [2.75, 3.05) is 24.5 Å². The largest absolute Gasteiger partial charge is 0.311 e. The summed E-state index contributed by atoms with van der Waals surface area (Å²) < 4.78 is 2.67. The van der Waals surface area contributed by atoms with E-state index >= 15 is 0 Å². The van der Waals surface area contributed by atoms with Gasteiger partial charge in [0.15, 0.2) is 0 Å². The molecule has 0 bridgehead atoms. The van der Waals surface area contributed by atoms with Gasteiger partial charge < -0.3 is 28.9 Å². The van der Waals surface area contributed by atoms with Gasteiger partial charge in [-0.25, -0.2) is 0 Å². The first kappa shape index (κ1) is 77.5. The van der Waals surface area contributed by atoms with Crippen molar-refractivity contribution in [3.8, 4) is 66.8 Å². The van der Waals surface area contributed by atoms with E-state index in [2.05, 4.69) is 532 Å². The zero-order valence-corrected chi connectivity index (χ0v) is 73.8. The van der Waals surface area contributed by atoms with Crippen LogP contribution in [0.2, 0.25) is 0 Å². The highest BCUT2D eigenvalue weighted by Gasteiger charge is 2.49. The summed E-state index contributed by atoms with van der Waals surface area (Å²) in [6.07, 6.45) is 0. The van der Waals surface area contributed by atoms with Gasteiger partial charge in [0.25, 0.3) is 13.4 Å². The van der Waals surface area contributed by atoms with Gasteiger partial charge in [-0.2, -0.15) is 0 Å². The number of hydrogen-bond acceptors (Lipinski definition) is 5. The van der Waals surface area contributed by atoms with Gasteiger partial charge >= 0.3 is 0 Å². The number of nitrogens with zero attached hydrogens (tertiary/aromatic N) is 6. The second-order valence-corrected chi connectivity index (χ2v) is 36.0. The van der Waals surface area contributed by atoms with Gasteiger partial charge in [-0.05, 0) is 168 Å². The Morgan fingerprint density at radius 1 is 0.185 bits per heavy atom. The van der Waals surface area contributed by atoms with Crippen LogP contribution in [0.3, 0.4) is 0 Å². The summed E-state index contributed by atoms with van der Waals surface area (Å²) in [5.74, 6) is -0.183. The molecule has 8 heteroatoms. The minimum absolute atomic E-state index is 0.183. The van der Waals surface area contributed by atoms with Crippen LogP contribution in [0.4, 0.5) is 85.3 Å². The van der Waals surface area contributed by atoms with Gasteiger partial charge in [0.05, 0.1) is 45.0 Å². The summed E-state index contributed by atoms with van der Waals surface area (Å²) in [5.41, 5.74) is 44.4. The zero-order valence-electron chi connectivity index (χ0n) is 73.8. The minimum Gasteiger partial charge on any atom is -0.311 e. The first-order valence-corrected chi connectivity index (χ1v) is 46.9. The molecule has 4 aliphatic heterocycles. The van der Waals surface area contributed by atoms with Gasteiger partial charge in [0.1, 0.15) is 0 Å². The van der Waals surface area contributed by atoms with Gasteiger partial charge in [-0.1, -0.05) is 419 Å². The van der Waals surface area contributed by atoms with E-state index in [0.717, 1.165) is 163 Å². The monoisotopic (exact) mass is 1710 g/mol. The molecule has 0 amide bonds. The minimum atomic E-state index is -0.270. The molecular formula is C127H84B2N6. The van der Waals surface area contributed by atoms with Crippen LogP contribution in [0.1, 0.15) is 22.6 Å². The third-order valence-corrected chi connectivity index (χ3v) is 28.7. The molecule has 2 aromatic heterocycles. The Kier molecular flexibility index (Phi) is 18.2. The average molecular weight is 1720 g/mol. The third kappa shape index (κ3) is 12.3. The van der Waals surface area contributed by atoms with Gasteiger partial charge in [0.2, 0.25) is 0 Å². The third-order valence-electron chi connectivity index (χ3n) is 28.7. The predicted molar refractivity (Wildman–Crippen MR) is 570 cm³/mol. The van der Waals surface area contributed by atoms with Crippen LogP contribution in [0.15, 0.2) is 504 Å². The maximum Gasteiger partial charge on any atom is 0.252 e. The highest BCUT2D eigenvalue weighted by molar-refractivity contribution is 7.01. The van der Waals surface area contributed by atoms with Crippen LogP contribution in [0.5, 0.6) is 0 Å². The van der Waals surface area contributed by atoms with Gasteiger partial charge in [-0.15, -0.1) is 0 Å². The van der Waals surface area contributed by atoms with Crippen molar-refractivity contribution in [3.05, 3.63) is 520 Å². The smallest absolute Gasteiger partial charge is 0.252 e. The molecule has 628 valence electrons. The normalized spacial score (nSPS) is 12.7. The fourth-order valence-electron chi connectivity index (χ4n) is 23.2. The van der Waals surface area contributed by atoms with Crippen LogP contribution in [0, 0.1) is 0 Å². The SMILES string of the molecule is c1ccc(-c2ccccc2N2c3cc4c(cc3B3c5ccccc5N(c5c(-c6ccccc6)cccc5-c5ccccc5)c5cc(C(c6ccccc6)c6ccccc6)cc2c53)c2cccc3c5cc6c(cc5n4c23)N(c2ccccc2-c2ccccc2)c2cc(N(c3ccccc3)c3ccccc3)cc3c2B6c2ccccc2N3c2c(-c3ccccc3)cccc2-c2ccccc2)cc1. The lowest BCUT2D eigenvalue weighted by molar-refractivity contribution is 0.975. The fraction of sp³-hybridized carbons (Fsp3) is 0.00787. The summed E-state index contributed by atoms with van der Waals surface area (Å²) in [7, 11) is 0. The number of para-hydroxylation sites is 9. The Hall–Kier alpha value is -17.5. The van der Waals surface area contributed by atoms with Crippen molar-refractivity contribution in [3.63, 3.8) is 0 Å². The first-order valence-electron chi connectivity index (χ1n) is 46.9. The average Bonchev–Trinajstić information content (AvgIpc) is 1.62. The quantitative estimate of drug-likeness (QED) is 0.0708. The second-order valence-electron chi connectivity index (χ2n) is 36.0. The van der Waals surface area contributed by atoms with Crippen LogP contribution >= 0.6 is 0 Å². The number of hydrogen-bond donors (Lipinski definition) is 0. The topological polar surface area (TPSA) is 20.6 Å². The van der Waals surface area contributed by atoms with E-state index in [0.29, 0.717) is 0 Å². The Bertz CT molecular complexity index is 7870. The van der Waals surface area contributed by atoms with E-state index in [-0.39, 0.29) is 19.3 Å². The van der Waals surface area contributed by atoms with E-state index in [1.54, 1.807) is 0 Å². The van der Waals surface area contributed by atoms with E-state index in [4.69, 9.17) is 0 Å². The molecule has 4 aliphatic rings. The number of anilines is 15. The molecule has 0 radical (unpaired) electrons. The number of benzene rings is 21. The molecule has 0 spiro atoms. The summed E-state index contributed by atoms with van der Waals surface area (Å²) in [6, 6.07) is 189. The summed E-state index contributed by atoms with van der Waals surface area (Å²) in [5, 5.41) is 4.79. The molecule has 0 N–H and O–H groups in total. The molecule has 23 aromatic rings. The van der Waals surface area contributed by atoms with Gasteiger partial charge in [0, 0.05) is 118 Å². The molecule has 21 aromatic carbocycles. The zero-order chi connectivity index (χ0) is 88.7. The molecule has 6 heterocycles. The van der Waals surface area contributed by atoms with Crippen LogP contribution in [0.25, 0.3) is 105 Å². The first-order chi connectivity index (χ1) is 67.1. The summed E-state index contributed by atoms with van der Waals surface area (Å²) in [4.78, 5) is 13.1. The molecular weight excluding hydrogens is 1630 g/mol. The molecule has 6 nitrogen and oxygen atoms in total. The highest BCUT2D eigenvalue weighted by atomic mass is 15.2. The lowest BCUT2D eigenvalue weighted by Crippen LogP contribution is -2.61. The van der Waals surface area contributed by atoms with E-state index in [9.17, 15) is 0 Å². The van der Waals surface area contributed by atoms with Crippen molar-refractivity contribution in [1.29, 1.82) is 0 Å². The van der Waals surface area contributed by atoms with E-state index in [1.807, 2.05) is 0 Å². The van der Waals surface area contributed by atoms with Gasteiger partial charge in [-0.3, -0.25) is 0 Å². The van der Waals surface area contributed by atoms with E-state index < -0.39 is 0 Å². The Balaban J connectivity index is 0.769. The molecule has 135 heavy (non-hydrogen) atoms. The number of rotatable bonds is 16. The second kappa shape index (κ2) is 31.7. The Morgan fingerprint density at radius 3 is 0.852 bits per heavy atom. The lowest BCUT2D eigenvalue weighted by atomic mass is 9.33. The van der Waals surface area contributed by atoms with Crippen LogP contribution < -0.4 is 57.3 Å². The van der Waals surface area contributed by atoms with Crippen LogP contribution in [-0.2, 0) is 0 Å². The van der Waals surface area contributed by atoms with Crippen LogP contribution in [-0.4, -0.2) is 17.8 Å². The van der Waals surface area contributed by atoms with Crippen molar-refractivity contribution < 1.29 is 0 Å². The van der Waals surface area contributed by atoms with Crippen molar-refractivity contribution in [2.24, 2.45) is 0 Å².